The van der Waals surface area contributed by atoms with Gasteiger partial charge in [-0.1, -0.05) is 30.3 Å². The number of hydrogen-bond acceptors (Lipinski definition) is 4. The zero-order valence-corrected chi connectivity index (χ0v) is 11.9. The SMILES string of the molecule is Cc1ncc(CC(CO)(CO)Cc2ccccc2)s1. The number of benzene rings is 1. The molecule has 2 aromatic rings. The van der Waals surface area contributed by atoms with Crippen molar-refractivity contribution in [2.24, 2.45) is 5.41 Å². The fraction of sp³-hybridized carbons (Fsp3) is 0.400. The number of aromatic nitrogens is 1. The van der Waals surface area contributed by atoms with E-state index in [-0.39, 0.29) is 13.2 Å². The van der Waals surface area contributed by atoms with Gasteiger partial charge < -0.3 is 10.2 Å². The second kappa shape index (κ2) is 6.28. The van der Waals surface area contributed by atoms with Gasteiger partial charge in [0.1, 0.15) is 0 Å². The summed E-state index contributed by atoms with van der Waals surface area (Å²) in [6.07, 6.45) is 3.16. The predicted molar refractivity (Wildman–Crippen MR) is 77.3 cm³/mol. The molecule has 0 unspecified atom stereocenters. The minimum absolute atomic E-state index is 0.0324. The molecule has 0 bridgehead atoms. The Morgan fingerprint density at radius 2 is 1.79 bits per heavy atom. The zero-order valence-electron chi connectivity index (χ0n) is 11.0. The molecule has 0 radical (unpaired) electrons. The molecule has 0 aliphatic rings. The van der Waals surface area contributed by atoms with Crippen LogP contribution in [0.15, 0.2) is 36.5 Å². The van der Waals surface area contributed by atoms with E-state index in [4.69, 9.17) is 0 Å². The van der Waals surface area contributed by atoms with Gasteiger partial charge in [-0.25, -0.2) is 4.98 Å². The first-order valence-electron chi connectivity index (χ1n) is 6.34. The van der Waals surface area contributed by atoms with Gasteiger partial charge in [0.25, 0.3) is 0 Å². The minimum Gasteiger partial charge on any atom is -0.396 e. The molecular formula is C15H19NO2S. The van der Waals surface area contributed by atoms with Crippen molar-refractivity contribution in [3.05, 3.63) is 52.0 Å². The van der Waals surface area contributed by atoms with Gasteiger partial charge in [0.15, 0.2) is 0 Å². The van der Waals surface area contributed by atoms with E-state index in [1.807, 2.05) is 43.5 Å². The van der Waals surface area contributed by atoms with Crippen LogP contribution >= 0.6 is 11.3 Å². The van der Waals surface area contributed by atoms with E-state index < -0.39 is 5.41 Å². The van der Waals surface area contributed by atoms with Crippen molar-refractivity contribution >= 4 is 11.3 Å². The normalized spacial score (nSPS) is 11.7. The Morgan fingerprint density at radius 1 is 1.11 bits per heavy atom. The summed E-state index contributed by atoms with van der Waals surface area (Å²) in [6.45, 7) is 1.90. The van der Waals surface area contributed by atoms with Crippen molar-refractivity contribution in [1.29, 1.82) is 0 Å². The molecule has 0 saturated heterocycles. The topological polar surface area (TPSA) is 53.4 Å². The minimum atomic E-state index is -0.514. The Hall–Kier alpha value is -1.23. The lowest BCUT2D eigenvalue weighted by Gasteiger charge is -2.29. The van der Waals surface area contributed by atoms with E-state index in [0.29, 0.717) is 12.8 Å². The lowest BCUT2D eigenvalue weighted by atomic mass is 9.80. The second-order valence-electron chi connectivity index (χ2n) is 5.00. The van der Waals surface area contributed by atoms with E-state index in [0.717, 1.165) is 15.4 Å². The van der Waals surface area contributed by atoms with Crippen LogP contribution in [0.4, 0.5) is 0 Å². The molecule has 1 aromatic heterocycles. The first-order valence-corrected chi connectivity index (χ1v) is 7.16. The zero-order chi connectivity index (χ0) is 13.7. The molecule has 0 amide bonds. The molecule has 0 fully saturated rings. The van der Waals surface area contributed by atoms with Gasteiger partial charge in [-0.15, -0.1) is 11.3 Å². The van der Waals surface area contributed by atoms with Crippen molar-refractivity contribution in [2.75, 3.05) is 13.2 Å². The highest BCUT2D eigenvalue weighted by Gasteiger charge is 2.30. The van der Waals surface area contributed by atoms with E-state index in [2.05, 4.69) is 4.98 Å². The fourth-order valence-electron chi connectivity index (χ4n) is 2.22. The number of aliphatic hydroxyl groups is 2. The number of aliphatic hydroxyl groups excluding tert-OH is 2. The van der Waals surface area contributed by atoms with Crippen LogP contribution < -0.4 is 0 Å². The molecule has 0 saturated carbocycles. The van der Waals surface area contributed by atoms with Crippen LogP contribution in [0, 0.1) is 12.3 Å². The van der Waals surface area contributed by atoms with E-state index in [1.165, 1.54) is 0 Å². The van der Waals surface area contributed by atoms with Crippen molar-refractivity contribution in [3.8, 4) is 0 Å². The van der Waals surface area contributed by atoms with Crippen molar-refractivity contribution in [2.45, 2.75) is 19.8 Å². The van der Waals surface area contributed by atoms with Gasteiger partial charge in [-0.2, -0.15) is 0 Å². The number of thiazole rings is 1. The van der Waals surface area contributed by atoms with E-state index >= 15 is 0 Å². The maximum Gasteiger partial charge on any atom is 0.0896 e. The Balaban J connectivity index is 2.17. The van der Waals surface area contributed by atoms with Gasteiger partial charge in [0.05, 0.1) is 18.2 Å². The molecule has 0 atom stereocenters. The largest absolute Gasteiger partial charge is 0.396 e. The number of nitrogens with zero attached hydrogens (tertiary/aromatic N) is 1. The number of rotatable bonds is 6. The van der Waals surface area contributed by atoms with Gasteiger partial charge in [-0.3, -0.25) is 0 Å². The summed E-state index contributed by atoms with van der Waals surface area (Å²) in [7, 11) is 0. The summed E-state index contributed by atoms with van der Waals surface area (Å²) < 4.78 is 0. The van der Waals surface area contributed by atoms with Crippen molar-refractivity contribution < 1.29 is 10.2 Å². The van der Waals surface area contributed by atoms with Crippen LogP contribution in [-0.4, -0.2) is 28.4 Å². The van der Waals surface area contributed by atoms with Gasteiger partial charge in [0.2, 0.25) is 0 Å². The standard InChI is InChI=1S/C15H19NO2S/c1-12-16-9-14(19-12)8-15(10-17,11-18)7-13-5-3-2-4-6-13/h2-6,9,17-18H,7-8,10-11H2,1H3. The maximum atomic E-state index is 9.73. The molecule has 1 heterocycles. The highest BCUT2D eigenvalue weighted by molar-refractivity contribution is 7.11. The molecular weight excluding hydrogens is 258 g/mol. The smallest absolute Gasteiger partial charge is 0.0896 e. The van der Waals surface area contributed by atoms with Crippen LogP contribution in [0.25, 0.3) is 0 Å². The third kappa shape index (κ3) is 3.62. The lowest BCUT2D eigenvalue weighted by molar-refractivity contribution is 0.0554. The summed E-state index contributed by atoms with van der Waals surface area (Å²) in [5.74, 6) is 0. The quantitative estimate of drug-likeness (QED) is 0.851. The lowest BCUT2D eigenvalue weighted by Crippen LogP contribution is -2.34. The first-order chi connectivity index (χ1) is 9.17. The summed E-state index contributed by atoms with van der Waals surface area (Å²) in [5, 5.41) is 20.5. The Labute approximate surface area is 117 Å². The summed E-state index contributed by atoms with van der Waals surface area (Å²) in [4.78, 5) is 5.34. The van der Waals surface area contributed by atoms with Gasteiger partial charge in [-0.05, 0) is 25.3 Å². The molecule has 0 aliphatic heterocycles. The van der Waals surface area contributed by atoms with Gasteiger partial charge >= 0.3 is 0 Å². The molecule has 0 spiro atoms. The van der Waals surface area contributed by atoms with Crippen molar-refractivity contribution in [1.82, 2.24) is 4.98 Å². The van der Waals surface area contributed by atoms with Crippen LogP contribution in [0.5, 0.6) is 0 Å². The van der Waals surface area contributed by atoms with Crippen LogP contribution in [0.1, 0.15) is 15.4 Å². The highest BCUT2D eigenvalue weighted by Crippen LogP contribution is 2.29. The predicted octanol–water partition coefficient (Wildman–Crippen LogP) is 2.21. The van der Waals surface area contributed by atoms with E-state index in [9.17, 15) is 10.2 Å². The average molecular weight is 277 g/mol. The molecule has 2 rings (SSSR count). The van der Waals surface area contributed by atoms with Crippen LogP contribution in [0.2, 0.25) is 0 Å². The molecule has 4 heteroatoms. The maximum absolute atomic E-state index is 9.73. The van der Waals surface area contributed by atoms with E-state index in [1.54, 1.807) is 11.3 Å². The highest BCUT2D eigenvalue weighted by atomic mass is 32.1. The summed E-state index contributed by atoms with van der Waals surface area (Å²) in [6, 6.07) is 9.98. The third-order valence-electron chi connectivity index (χ3n) is 3.31. The second-order valence-corrected chi connectivity index (χ2v) is 6.32. The van der Waals surface area contributed by atoms with Crippen LogP contribution in [-0.2, 0) is 12.8 Å². The van der Waals surface area contributed by atoms with Gasteiger partial charge in [0, 0.05) is 16.5 Å². The molecule has 19 heavy (non-hydrogen) atoms. The molecule has 0 aliphatic carbocycles. The monoisotopic (exact) mass is 277 g/mol. The molecule has 3 nitrogen and oxygen atoms in total. The Bertz CT molecular complexity index is 506. The Kier molecular flexibility index (Phi) is 4.69. The third-order valence-corrected chi connectivity index (χ3v) is 4.22. The number of hydrogen-bond donors (Lipinski definition) is 2. The first kappa shape index (κ1) is 14.2. The average Bonchev–Trinajstić information content (AvgIpc) is 2.84. The van der Waals surface area contributed by atoms with Crippen LogP contribution in [0.3, 0.4) is 0 Å². The summed E-state index contributed by atoms with van der Waals surface area (Å²) in [5.41, 5.74) is 0.618. The Morgan fingerprint density at radius 3 is 2.32 bits per heavy atom. The molecule has 1 aromatic carbocycles. The molecule has 102 valence electrons. The number of aryl methyl sites for hydroxylation is 1. The summed E-state index contributed by atoms with van der Waals surface area (Å²) >= 11 is 1.62. The fourth-order valence-corrected chi connectivity index (χ4v) is 3.19. The van der Waals surface area contributed by atoms with Crippen molar-refractivity contribution in [3.63, 3.8) is 0 Å². The molecule has 2 N–H and O–H groups in total.